The van der Waals surface area contributed by atoms with E-state index in [-0.39, 0.29) is 11.3 Å². The molecule has 0 bridgehead atoms. The average molecular weight is 168 g/mol. The zero-order valence-electron chi connectivity index (χ0n) is 7.26. The number of H-pyrrole nitrogens is 1. The van der Waals surface area contributed by atoms with Crippen LogP contribution in [0, 0.1) is 0 Å². The molecule has 1 N–H and O–H groups in total. The smallest absolute Gasteiger partial charge is 0.266 e. The number of carbonyl (C=O) groups excluding carboxylic acids is 1. The molecule has 1 rings (SSSR count). The van der Waals surface area contributed by atoms with Gasteiger partial charge in [0.1, 0.15) is 5.78 Å². The minimum absolute atomic E-state index is 0.0615. The highest BCUT2D eigenvalue weighted by Crippen LogP contribution is 1.95. The Hall–Kier alpha value is -1.32. The number of carbonyl (C=O) groups is 1. The number of Topliss-reactive ketones (excluding diaryl/α,β-unsaturated/α-hetero) is 1. The first-order valence-electron chi connectivity index (χ1n) is 3.84. The lowest BCUT2D eigenvalue weighted by Crippen LogP contribution is -2.09. The molecule has 1 aromatic rings. The van der Waals surface area contributed by atoms with Crippen LogP contribution < -0.4 is 5.56 Å². The van der Waals surface area contributed by atoms with E-state index in [9.17, 15) is 9.59 Å². The third-order valence-electron chi connectivity index (χ3n) is 1.69. The molecule has 0 fully saturated rings. The summed E-state index contributed by atoms with van der Waals surface area (Å²) in [7, 11) is 1.65. The van der Waals surface area contributed by atoms with Crippen LogP contribution in [0.5, 0.6) is 0 Å². The Morgan fingerprint density at radius 3 is 2.75 bits per heavy atom. The minimum atomic E-state index is -0.0615. The van der Waals surface area contributed by atoms with E-state index in [2.05, 4.69) is 5.10 Å². The van der Waals surface area contributed by atoms with E-state index in [1.807, 2.05) is 0 Å². The van der Waals surface area contributed by atoms with Crippen molar-refractivity contribution < 1.29 is 4.79 Å². The van der Waals surface area contributed by atoms with Crippen LogP contribution >= 0.6 is 0 Å². The lowest BCUT2D eigenvalue weighted by molar-refractivity contribution is -0.116. The molecule has 0 spiro atoms. The Bertz CT molecular complexity index is 335. The second-order valence-corrected chi connectivity index (χ2v) is 2.88. The van der Waals surface area contributed by atoms with Crippen molar-refractivity contribution in [3.05, 3.63) is 22.1 Å². The summed E-state index contributed by atoms with van der Waals surface area (Å²) in [6.07, 6.45) is 1.10. The standard InChI is InChI=1S/C8H12N2O2/c1-6(11)3-4-7-5-8(12)10(2)9-7/h5,9H,3-4H2,1-2H3. The molecule has 1 heterocycles. The van der Waals surface area contributed by atoms with Gasteiger partial charge in [0.25, 0.3) is 5.56 Å². The summed E-state index contributed by atoms with van der Waals surface area (Å²) in [5.41, 5.74) is 0.756. The van der Waals surface area contributed by atoms with Crippen LogP contribution in [0.2, 0.25) is 0 Å². The molecule has 4 heteroatoms. The Labute approximate surface area is 70.2 Å². The van der Waals surface area contributed by atoms with Gasteiger partial charge in [0, 0.05) is 25.2 Å². The number of nitrogens with one attached hydrogen (secondary N) is 1. The molecule has 0 saturated carbocycles. The van der Waals surface area contributed by atoms with E-state index in [1.165, 1.54) is 10.7 Å². The number of nitrogens with zero attached hydrogens (tertiary/aromatic N) is 1. The van der Waals surface area contributed by atoms with Crippen LogP contribution in [0.25, 0.3) is 0 Å². The summed E-state index contributed by atoms with van der Waals surface area (Å²) >= 11 is 0. The maximum absolute atomic E-state index is 10.9. The van der Waals surface area contributed by atoms with Crippen molar-refractivity contribution in [1.29, 1.82) is 0 Å². The summed E-state index contributed by atoms with van der Waals surface area (Å²) in [6, 6.07) is 1.52. The molecule has 1 aromatic heterocycles. The fraction of sp³-hybridized carbons (Fsp3) is 0.500. The van der Waals surface area contributed by atoms with Crippen molar-refractivity contribution in [3.8, 4) is 0 Å². The summed E-state index contributed by atoms with van der Waals surface area (Å²) in [5.74, 6) is 0.139. The molecule has 12 heavy (non-hydrogen) atoms. The SMILES string of the molecule is CC(=O)CCc1cc(=O)n(C)[nH]1. The van der Waals surface area contributed by atoms with Crippen molar-refractivity contribution >= 4 is 5.78 Å². The van der Waals surface area contributed by atoms with Crippen molar-refractivity contribution in [1.82, 2.24) is 9.78 Å². The van der Waals surface area contributed by atoms with Gasteiger partial charge in [-0.05, 0) is 13.3 Å². The van der Waals surface area contributed by atoms with Gasteiger partial charge in [-0.15, -0.1) is 0 Å². The van der Waals surface area contributed by atoms with Gasteiger partial charge in [-0.3, -0.25) is 14.6 Å². The predicted molar refractivity (Wildman–Crippen MR) is 45.0 cm³/mol. The molecule has 0 aliphatic rings. The molecule has 0 aliphatic heterocycles. The number of hydrogen-bond donors (Lipinski definition) is 1. The van der Waals surface area contributed by atoms with Gasteiger partial charge in [0.2, 0.25) is 0 Å². The number of aromatic nitrogens is 2. The van der Waals surface area contributed by atoms with Gasteiger partial charge >= 0.3 is 0 Å². The summed E-state index contributed by atoms with van der Waals surface area (Å²) in [6.45, 7) is 1.54. The zero-order valence-corrected chi connectivity index (χ0v) is 7.26. The Balaban J connectivity index is 2.65. The Morgan fingerprint density at radius 1 is 1.67 bits per heavy atom. The van der Waals surface area contributed by atoms with E-state index < -0.39 is 0 Å². The maximum Gasteiger partial charge on any atom is 0.266 e. The normalized spacial score (nSPS) is 10.2. The van der Waals surface area contributed by atoms with Gasteiger partial charge in [0.05, 0.1) is 0 Å². The number of hydrogen-bond acceptors (Lipinski definition) is 2. The topological polar surface area (TPSA) is 54.9 Å². The number of rotatable bonds is 3. The number of aromatic amines is 1. The van der Waals surface area contributed by atoms with Crippen LogP contribution in [0.3, 0.4) is 0 Å². The van der Waals surface area contributed by atoms with Crippen LogP contribution in [0.15, 0.2) is 10.9 Å². The molecule has 0 aromatic carbocycles. The quantitative estimate of drug-likeness (QED) is 0.702. The Kier molecular flexibility index (Phi) is 2.47. The fourth-order valence-corrected chi connectivity index (χ4v) is 0.987. The van der Waals surface area contributed by atoms with Crippen molar-refractivity contribution in [2.45, 2.75) is 19.8 Å². The first-order chi connectivity index (χ1) is 5.59. The number of aryl methyl sites for hydroxylation is 2. The highest BCUT2D eigenvalue weighted by Gasteiger charge is 2.00. The monoisotopic (exact) mass is 168 g/mol. The lowest BCUT2D eigenvalue weighted by atomic mass is 10.2. The third kappa shape index (κ3) is 2.08. The van der Waals surface area contributed by atoms with Crippen LogP contribution in [0.4, 0.5) is 0 Å². The van der Waals surface area contributed by atoms with E-state index >= 15 is 0 Å². The lowest BCUT2D eigenvalue weighted by Gasteiger charge is -1.92. The molecule has 0 radical (unpaired) electrons. The molecule has 66 valence electrons. The molecular weight excluding hydrogens is 156 g/mol. The average Bonchev–Trinajstić information content (AvgIpc) is 2.28. The first-order valence-corrected chi connectivity index (χ1v) is 3.84. The third-order valence-corrected chi connectivity index (χ3v) is 1.69. The minimum Gasteiger partial charge on any atom is -0.300 e. The molecule has 4 nitrogen and oxygen atoms in total. The van der Waals surface area contributed by atoms with Crippen molar-refractivity contribution in [3.63, 3.8) is 0 Å². The van der Waals surface area contributed by atoms with Gasteiger partial charge < -0.3 is 4.79 Å². The van der Waals surface area contributed by atoms with Crippen LogP contribution in [-0.4, -0.2) is 15.6 Å². The molecule has 0 atom stereocenters. The molecule has 0 saturated heterocycles. The summed E-state index contributed by atoms with van der Waals surface area (Å²) in [5, 5.41) is 2.85. The van der Waals surface area contributed by atoms with Crippen LogP contribution in [0.1, 0.15) is 19.0 Å². The summed E-state index contributed by atoms with van der Waals surface area (Å²) in [4.78, 5) is 21.5. The predicted octanol–water partition coefficient (Wildman–Crippen LogP) is 0.235. The zero-order chi connectivity index (χ0) is 9.14. The molecule has 0 aliphatic carbocycles. The first kappa shape index (κ1) is 8.77. The van der Waals surface area contributed by atoms with Crippen molar-refractivity contribution in [2.24, 2.45) is 7.05 Å². The summed E-state index contributed by atoms with van der Waals surface area (Å²) < 4.78 is 1.40. The molecule has 0 unspecified atom stereocenters. The highest BCUT2D eigenvalue weighted by molar-refractivity contribution is 5.75. The van der Waals surface area contributed by atoms with Gasteiger partial charge in [-0.1, -0.05) is 0 Å². The van der Waals surface area contributed by atoms with Gasteiger partial charge in [0.15, 0.2) is 0 Å². The molecular formula is C8H12N2O2. The second-order valence-electron chi connectivity index (χ2n) is 2.88. The largest absolute Gasteiger partial charge is 0.300 e. The van der Waals surface area contributed by atoms with E-state index in [1.54, 1.807) is 14.0 Å². The van der Waals surface area contributed by atoms with Gasteiger partial charge in [-0.2, -0.15) is 0 Å². The van der Waals surface area contributed by atoms with E-state index in [4.69, 9.17) is 0 Å². The van der Waals surface area contributed by atoms with E-state index in [0.717, 1.165) is 5.69 Å². The molecule has 0 amide bonds. The second kappa shape index (κ2) is 3.38. The highest BCUT2D eigenvalue weighted by atomic mass is 16.1. The van der Waals surface area contributed by atoms with E-state index in [0.29, 0.717) is 12.8 Å². The number of ketones is 1. The Morgan fingerprint density at radius 2 is 2.33 bits per heavy atom. The van der Waals surface area contributed by atoms with Gasteiger partial charge in [-0.25, -0.2) is 0 Å². The fourth-order valence-electron chi connectivity index (χ4n) is 0.987. The maximum atomic E-state index is 10.9. The van der Waals surface area contributed by atoms with Crippen LogP contribution in [-0.2, 0) is 18.3 Å². The van der Waals surface area contributed by atoms with Crippen molar-refractivity contribution in [2.75, 3.05) is 0 Å².